The zero-order valence-corrected chi connectivity index (χ0v) is 14.6. The second-order valence-electron chi connectivity index (χ2n) is 6.40. The van der Waals surface area contributed by atoms with Crippen molar-refractivity contribution in [2.24, 2.45) is 0 Å². The van der Waals surface area contributed by atoms with Crippen molar-refractivity contribution in [3.8, 4) is 0 Å². The molecule has 0 bridgehead atoms. The van der Waals surface area contributed by atoms with Crippen molar-refractivity contribution in [1.82, 2.24) is 9.97 Å². The van der Waals surface area contributed by atoms with Crippen LogP contribution in [-0.4, -0.2) is 22.4 Å². The largest absolute Gasteiger partial charge is 0.368 e. The third-order valence-corrected chi connectivity index (χ3v) is 4.30. The summed E-state index contributed by atoms with van der Waals surface area (Å²) in [6.07, 6.45) is 11.6. The van der Waals surface area contributed by atoms with Gasteiger partial charge in [0.15, 0.2) is 0 Å². The van der Waals surface area contributed by atoms with E-state index in [1.807, 2.05) is 31.2 Å². The van der Waals surface area contributed by atoms with Gasteiger partial charge in [0.05, 0.1) is 12.4 Å². The summed E-state index contributed by atoms with van der Waals surface area (Å²) in [4.78, 5) is 20.7. The minimum Gasteiger partial charge on any atom is -0.368 e. The highest BCUT2D eigenvalue weighted by atomic mass is 16.1. The fourth-order valence-corrected chi connectivity index (χ4v) is 2.94. The number of carbonyl (C=O) groups excluding carboxylic acids is 1. The first-order chi connectivity index (χ1) is 12.2. The number of nitrogens with one attached hydrogen (secondary N) is 2. The number of hydrogen-bond acceptors (Lipinski definition) is 4. The fourth-order valence-electron chi connectivity index (χ4n) is 2.94. The number of amides is 1. The predicted octanol–water partition coefficient (Wildman–Crippen LogP) is 4.34. The van der Waals surface area contributed by atoms with E-state index >= 15 is 0 Å². The maximum Gasteiger partial charge on any atom is 0.275 e. The molecule has 25 heavy (non-hydrogen) atoms. The molecule has 0 fully saturated rings. The molecule has 5 heteroatoms. The maximum absolute atomic E-state index is 12.2. The Morgan fingerprint density at radius 2 is 2.12 bits per heavy atom. The van der Waals surface area contributed by atoms with Crippen LogP contribution >= 0.6 is 0 Å². The van der Waals surface area contributed by atoms with Gasteiger partial charge in [-0.2, -0.15) is 0 Å². The number of allylic oxidation sites excluding steroid dienone is 1. The third-order valence-electron chi connectivity index (χ3n) is 4.30. The van der Waals surface area contributed by atoms with E-state index in [1.165, 1.54) is 37.5 Å². The zero-order chi connectivity index (χ0) is 17.5. The molecular formula is C20H24N4O. The summed E-state index contributed by atoms with van der Waals surface area (Å²) in [6.45, 7) is 2.83. The molecule has 0 spiro atoms. The van der Waals surface area contributed by atoms with E-state index in [0.29, 0.717) is 11.5 Å². The molecule has 1 aromatic carbocycles. The van der Waals surface area contributed by atoms with Gasteiger partial charge in [0, 0.05) is 12.2 Å². The molecule has 1 heterocycles. The van der Waals surface area contributed by atoms with Gasteiger partial charge in [0.25, 0.3) is 5.91 Å². The molecule has 2 aromatic rings. The highest BCUT2D eigenvalue weighted by Crippen LogP contribution is 2.19. The molecule has 1 aliphatic rings. The lowest BCUT2D eigenvalue weighted by molar-refractivity contribution is 0.102. The van der Waals surface area contributed by atoms with E-state index < -0.39 is 0 Å². The van der Waals surface area contributed by atoms with Gasteiger partial charge in [-0.25, -0.2) is 9.97 Å². The molecule has 0 radical (unpaired) electrons. The van der Waals surface area contributed by atoms with Crippen LogP contribution in [0.4, 0.5) is 11.5 Å². The summed E-state index contributed by atoms with van der Waals surface area (Å²) < 4.78 is 0. The molecule has 2 N–H and O–H groups in total. The Morgan fingerprint density at radius 1 is 1.20 bits per heavy atom. The molecule has 0 atom stereocenters. The first-order valence-electron chi connectivity index (χ1n) is 8.82. The fraction of sp³-hybridized carbons (Fsp3) is 0.350. The average molecular weight is 336 g/mol. The average Bonchev–Trinajstić information content (AvgIpc) is 2.63. The van der Waals surface area contributed by atoms with Crippen molar-refractivity contribution >= 4 is 17.4 Å². The predicted molar refractivity (Wildman–Crippen MR) is 101 cm³/mol. The molecule has 130 valence electrons. The number of benzene rings is 1. The van der Waals surface area contributed by atoms with E-state index in [9.17, 15) is 4.79 Å². The number of aryl methyl sites for hydroxylation is 1. The van der Waals surface area contributed by atoms with E-state index in [0.717, 1.165) is 24.2 Å². The Bertz CT molecular complexity index is 753. The van der Waals surface area contributed by atoms with Gasteiger partial charge < -0.3 is 10.6 Å². The van der Waals surface area contributed by atoms with Crippen molar-refractivity contribution in [3.63, 3.8) is 0 Å². The van der Waals surface area contributed by atoms with E-state index in [2.05, 4.69) is 26.7 Å². The molecule has 1 aromatic heterocycles. The Morgan fingerprint density at radius 3 is 2.84 bits per heavy atom. The van der Waals surface area contributed by atoms with Gasteiger partial charge in [0.2, 0.25) is 0 Å². The molecule has 0 saturated heterocycles. The summed E-state index contributed by atoms with van der Waals surface area (Å²) in [5.41, 5.74) is 3.69. The van der Waals surface area contributed by atoms with Crippen LogP contribution in [0.2, 0.25) is 0 Å². The van der Waals surface area contributed by atoms with Crippen molar-refractivity contribution < 1.29 is 4.79 Å². The van der Waals surface area contributed by atoms with E-state index in [1.54, 1.807) is 6.20 Å². The Labute approximate surface area is 148 Å². The summed E-state index contributed by atoms with van der Waals surface area (Å²) >= 11 is 0. The second kappa shape index (κ2) is 8.42. The molecule has 0 saturated carbocycles. The second-order valence-corrected chi connectivity index (χ2v) is 6.40. The highest BCUT2D eigenvalue weighted by molar-refractivity contribution is 6.02. The van der Waals surface area contributed by atoms with Crippen LogP contribution in [0.3, 0.4) is 0 Å². The lowest BCUT2D eigenvalue weighted by atomic mass is 9.97. The molecule has 1 amide bonds. The quantitative estimate of drug-likeness (QED) is 0.770. The summed E-state index contributed by atoms with van der Waals surface area (Å²) in [7, 11) is 0. The standard InChI is InChI=1S/C20H24N4O/c1-15-6-5-9-17(12-15)24-20(25)18-13-23-19(14-22-18)21-11-10-16-7-3-2-4-8-16/h5-7,9,12-14H,2-4,8,10-11H2,1H3,(H,21,23)(H,24,25). The monoisotopic (exact) mass is 336 g/mol. The zero-order valence-electron chi connectivity index (χ0n) is 14.6. The lowest BCUT2D eigenvalue weighted by Crippen LogP contribution is -2.14. The van der Waals surface area contributed by atoms with Crippen LogP contribution in [0.25, 0.3) is 0 Å². The van der Waals surface area contributed by atoms with E-state index in [4.69, 9.17) is 0 Å². The Hall–Kier alpha value is -2.69. The van der Waals surface area contributed by atoms with Gasteiger partial charge >= 0.3 is 0 Å². The number of rotatable bonds is 6. The first kappa shape index (κ1) is 17.1. The van der Waals surface area contributed by atoms with E-state index in [-0.39, 0.29) is 5.91 Å². The minimum atomic E-state index is -0.253. The van der Waals surface area contributed by atoms with Crippen molar-refractivity contribution in [2.45, 2.75) is 39.0 Å². The molecule has 0 aliphatic heterocycles. The van der Waals surface area contributed by atoms with Crippen molar-refractivity contribution in [1.29, 1.82) is 0 Å². The SMILES string of the molecule is Cc1cccc(NC(=O)c2cnc(NCCC3=CCCCC3)cn2)c1. The molecular weight excluding hydrogens is 312 g/mol. The number of aromatic nitrogens is 2. The van der Waals surface area contributed by atoms with Crippen molar-refractivity contribution in [3.05, 3.63) is 59.6 Å². The molecule has 3 rings (SSSR count). The number of anilines is 2. The Balaban J connectivity index is 1.51. The van der Waals surface area contributed by atoms with Gasteiger partial charge in [-0.3, -0.25) is 4.79 Å². The molecule has 5 nitrogen and oxygen atoms in total. The number of carbonyl (C=O) groups is 1. The third kappa shape index (κ3) is 5.14. The Kier molecular flexibility index (Phi) is 5.77. The van der Waals surface area contributed by atoms with Gasteiger partial charge in [-0.1, -0.05) is 23.8 Å². The van der Waals surface area contributed by atoms with Gasteiger partial charge in [-0.05, 0) is 56.7 Å². The van der Waals surface area contributed by atoms with Crippen LogP contribution in [0.5, 0.6) is 0 Å². The smallest absolute Gasteiger partial charge is 0.275 e. The topological polar surface area (TPSA) is 66.9 Å². The van der Waals surface area contributed by atoms with Crippen LogP contribution < -0.4 is 10.6 Å². The van der Waals surface area contributed by atoms with Crippen LogP contribution in [-0.2, 0) is 0 Å². The van der Waals surface area contributed by atoms with Crippen LogP contribution in [0.15, 0.2) is 48.3 Å². The van der Waals surface area contributed by atoms with Crippen molar-refractivity contribution in [2.75, 3.05) is 17.2 Å². The molecule has 1 aliphatic carbocycles. The van der Waals surface area contributed by atoms with Gasteiger partial charge in [-0.15, -0.1) is 0 Å². The minimum absolute atomic E-state index is 0.253. The normalized spacial score (nSPS) is 13.9. The maximum atomic E-state index is 12.2. The summed E-state index contributed by atoms with van der Waals surface area (Å²) in [5, 5.41) is 6.10. The van der Waals surface area contributed by atoms with Crippen LogP contribution in [0, 0.1) is 6.92 Å². The van der Waals surface area contributed by atoms with Crippen LogP contribution in [0.1, 0.15) is 48.2 Å². The van der Waals surface area contributed by atoms with Gasteiger partial charge in [0.1, 0.15) is 11.5 Å². The first-order valence-corrected chi connectivity index (χ1v) is 8.82. The summed E-state index contributed by atoms with van der Waals surface area (Å²) in [5.74, 6) is 0.445. The highest BCUT2D eigenvalue weighted by Gasteiger charge is 2.09. The summed E-state index contributed by atoms with van der Waals surface area (Å²) in [6, 6.07) is 7.67. The number of hydrogen-bond donors (Lipinski definition) is 2. The molecule has 0 unspecified atom stereocenters. The lowest BCUT2D eigenvalue weighted by Gasteiger charge is -2.13. The number of nitrogens with zero attached hydrogens (tertiary/aromatic N) is 2.